The number of ether oxygens (including phenoxy) is 2. The number of alkyl halides is 3. The Hall–Kier alpha value is -6.18. The van der Waals surface area contributed by atoms with E-state index in [1.807, 2.05) is 0 Å². The maximum atomic E-state index is 14.4. The summed E-state index contributed by atoms with van der Waals surface area (Å²) in [5.41, 5.74) is 5.37. The molecule has 0 amide bonds. The number of fused-ring (bicyclic) bond motifs is 2. The van der Waals surface area contributed by atoms with Crippen LogP contribution in [0.3, 0.4) is 0 Å². The maximum absolute atomic E-state index is 14.4. The molecule has 16 heteroatoms. The highest BCUT2D eigenvalue weighted by atomic mass is 19.4. The topological polar surface area (TPSA) is 160 Å². The molecule has 6 aromatic rings. The molecule has 0 bridgehead atoms. The molecule has 0 saturated heterocycles. The molecule has 266 valence electrons. The van der Waals surface area contributed by atoms with Crippen LogP contribution in [0.4, 0.5) is 23.4 Å². The molecule has 3 heterocycles. The van der Waals surface area contributed by atoms with Crippen molar-refractivity contribution in [2.45, 2.75) is 25.7 Å². The molecule has 3 N–H and O–H groups in total. The van der Waals surface area contributed by atoms with Gasteiger partial charge in [0.05, 0.1) is 48.2 Å². The number of nitrogens with zero attached hydrogens (tertiary/aromatic N) is 6. The van der Waals surface area contributed by atoms with Crippen molar-refractivity contribution in [2.75, 3.05) is 32.2 Å². The van der Waals surface area contributed by atoms with E-state index in [1.165, 1.54) is 35.3 Å². The summed E-state index contributed by atoms with van der Waals surface area (Å²) in [4.78, 5) is 37.8. The number of carbonyl (C=O) groups excluding carboxylic acids is 1. The first-order valence-corrected chi connectivity index (χ1v) is 15.8. The van der Waals surface area contributed by atoms with Crippen LogP contribution in [0.2, 0.25) is 0 Å². The number of aromatic nitrogens is 6. The normalized spacial score (nSPS) is 11.5. The number of aldehydes is 1. The average Bonchev–Trinajstić information content (AvgIpc) is 3.48. The lowest BCUT2D eigenvalue weighted by atomic mass is 10.1. The van der Waals surface area contributed by atoms with Crippen LogP contribution in [0, 0.1) is 17.7 Å². The summed E-state index contributed by atoms with van der Waals surface area (Å²) in [5.74, 6) is 4.64. The van der Waals surface area contributed by atoms with Crippen LogP contribution in [0.15, 0.2) is 71.8 Å². The van der Waals surface area contributed by atoms with Gasteiger partial charge in [0, 0.05) is 23.6 Å². The molecule has 6 rings (SSSR count). The first kappa shape index (κ1) is 35.6. The van der Waals surface area contributed by atoms with Gasteiger partial charge in [-0.15, -0.1) is 0 Å². The summed E-state index contributed by atoms with van der Waals surface area (Å²) in [6.07, 6.45) is -2.50. The predicted octanol–water partition coefficient (Wildman–Crippen LogP) is 4.72. The maximum Gasteiger partial charge on any atom is 0.416 e. The van der Waals surface area contributed by atoms with E-state index in [0.29, 0.717) is 0 Å². The fraction of sp³-hybridized carbons (Fsp3) is 0.222. The van der Waals surface area contributed by atoms with Gasteiger partial charge in [-0.25, -0.2) is 24.0 Å². The number of anilines is 1. The summed E-state index contributed by atoms with van der Waals surface area (Å²) >= 11 is 0. The monoisotopic (exact) mass is 715 g/mol. The zero-order chi connectivity index (χ0) is 36.8. The van der Waals surface area contributed by atoms with Gasteiger partial charge in [-0.1, -0.05) is 36.1 Å². The van der Waals surface area contributed by atoms with E-state index in [4.69, 9.17) is 20.2 Å². The van der Waals surface area contributed by atoms with Crippen molar-refractivity contribution >= 4 is 34.0 Å². The molecule has 12 nitrogen and oxygen atoms in total. The lowest BCUT2D eigenvalue weighted by Crippen LogP contribution is -2.29. The molecule has 3 aromatic heterocycles. The highest BCUT2D eigenvalue weighted by Gasteiger charge is 2.33. The minimum absolute atomic E-state index is 0.00409. The Labute approximate surface area is 292 Å². The Kier molecular flexibility index (Phi) is 10.5. The smallest absolute Gasteiger partial charge is 0.416 e. The van der Waals surface area contributed by atoms with Crippen LogP contribution in [-0.4, -0.2) is 67.1 Å². The standard InChI is InChI=1S/C36H29F4N7O5/c37-25-16-24(17-26(49)18-25)32-31-33(41)42-21-43-34(31)47(45-32)20-29-44-28-10-3-7-22(8-4-12-51-14-15-52-13-5-11-48)30(28)35(50)46(29)19-23-6-1-2-9-27(23)36(38,39)40/h1-3,6-7,9-11,16-18,21,49H,5,12-15,19-20H2,(H2,41,42,43). The van der Waals surface area contributed by atoms with Gasteiger partial charge < -0.3 is 25.1 Å². The first-order valence-electron chi connectivity index (χ1n) is 15.8. The summed E-state index contributed by atoms with van der Waals surface area (Å²) < 4.78 is 69.8. The second-order valence-corrected chi connectivity index (χ2v) is 11.4. The number of phenolic OH excluding ortho intramolecular Hbond substituents is 1. The molecule has 0 spiro atoms. The zero-order valence-electron chi connectivity index (χ0n) is 27.2. The van der Waals surface area contributed by atoms with E-state index in [0.717, 1.165) is 29.1 Å². The summed E-state index contributed by atoms with van der Waals surface area (Å²) in [6.45, 7) is -0.0403. The number of nitrogens with two attached hydrogens (primary N) is 1. The Balaban J connectivity index is 1.45. The number of phenols is 1. The van der Waals surface area contributed by atoms with Crippen molar-refractivity contribution in [1.29, 1.82) is 0 Å². The minimum Gasteiger partial charge on any atom is -0.508 e. The number of hydrogen-bond donors (Lipinski definition) is 2. The third-order valence-corrected chi connectivity index (χ3v) is 7.87. The van der Waals surface area contributed by atoms with E-state index in [9.17, 15) is 32.3 Å². The van der Waals surface area contributed by atoms with Crippen LogP contribution in [0.5, 0.6) is 5.75 Å². The van der Waals surface area contributed by atoms with Gasteiger partial charge in [-0.3, -0.25) is 9.36 Å². The number of aromatic hydroxyl groups is 1. The average molecular weight is 716 g/mol. The second-order valence-electron chi connectivity index (χ2n) is 11.4. The molecule has 0 aliphatic heterocycles. The van der Waals surface area contributed by atoms with Crippen LogP contribution < -0.4 is 11.3 Å². The van der Waals surface area contributed by atoms with Crippen LogP contribution in [-0.2, 0) is 33.5 Å². The lowest BCUT2D eigenvalue weighted by Gasteiger charge is -2.17. The molecule has 52 heavy (non-hydrogen) atoms. The van der Waals surface area contributed by atoms with E-state index in [2.05, 4.69) is 26.9 Å². The van der Waals surface area contributed by atoms with E-state index >= 15 is 0 Å². The van der Waals surface area contributed by atoms with E-state index < -0.39 is 29.7 Å². The molecule has 0 saturated carbocycles. The Morgan fingerprint density at radius 2 is 1.77 bits per heavy atom. The molecule has 0 aliphatic carbocycles. The molecule has 0 atom stereocenters. The van der Waals surface area contributed by atoms with Crippen molar-refractivity contribution in [3.05, 3.63) is 106 Å². The van der Waals surface area contributed by atoms with Crippen LogP contribution >= 0.6 is 0 Å². The van der Waals surface area contributed by atoms with Gasteiger partial charge in [-0.05, 0) is 35.9 Å². The molecule has 3 aromatic carbocycles. The van der Waals surface area contributed by atoms with Crippen molar-refractivity contribution in [2.24, 2.45) is 0 Å². The molecule has 0 radical (unpaired) electrons. The SMILES string of the molecule is Nc1ncnc2c1c(-c1cc(O)cc(F)c1)nn2Cc1nc2cccc(C#CCOCCOCCC=O)c2c(=O)n1Cc1ccccc1C(F)(F)F. The van der Waals surface area contributed by atoms with Crippen molar-refractivity contribution in [3.8, 4) is 28.8 Å². The van der Waals surface area contributed by atoms with Gasteiger partial charge in [0.1, 0.15) is 54.7 Å². The largest absolute Gasteiger partial charge is 0.508 e. The number of nitrogen functional groups attached to an aromatic ring is 1. The van der Waals surface area contributed by atoms with Gasteiger partial charge in [0.25, 0.3) is 5.56 Å². The minimum atomic E-state index is -4.71. The van der Waals surface area contributed by atoms with Gasteiger partial charge in [-0.2, -0.15) is 18.3 Å². The van der Waals surface area contributed by atoms with E-state index in [1.54, 1.807) is 18.2 Å². The number of benzene rings is 3. The fourth-order valence-corrected chi connectivity index (χ4v) is 5.60. The quantitative estimate of drug-likeness (QED) is 0.0786. The summed E-state index contributed by atoms with van der Waals surface area (Å²) in [5, 5.41) is 15.0. The Morgan fingerprint density at radius 3 is 2.56 bits per heavy atom. The van der Waals surface area contributed by atoms with Crippen molar-refractivity contribution in [1.82, 2.24) is 29.3 Å². The molecule has 0 aliphatic rings. The van der Waals surface area contributed by atoms with Crippen molar-refractivity contribution < 1.29 is 36.9 Å². The number of halogens is 4. The zero-order valence-corrected chi connectivity index (χ0v) is 27.2. The van der Waals surface area contributed by atoms with Crippen LogP contribution in [0.1, 0.15) is 28.9 Å². The molecule has 0 fully saturated rings. The van der Waals surface area contributed by atoms with Gasteiger partial charge >= 0.3 is 6.18 Å². The van der Waals surface area contributed by atoms with Crippen LogP contribution in [0.25, 0.3) is 33.2 Å². The number of rotatable bonds is 12. The molecular weight excluding hydrogens is 686 g/mol. The Morgan fingerprint density at radius 1 is 0.962 bits per heavy atom. The summed E-state index contributed by atoms with van der Waals surface area (Å²) in [6, 6.07) is 13.0. The highest BCUT2D eigenvalue weighted by Crippen LogP contribution is 2.34. The second kappa shape index (κ2) is 15.4. The highest BCUT2D eigenvalue weighted by molar-refractivity contribution is 5.98. The fourth-order valence-electron chi connectivity index (χ4n) is 5.60. The Bertz CT molecular complexity index is 2380. The lowest BCUT2D eigenvalue weighted by molar-refractivity contribution is -0.138. The van der Waals surface area contributed by atoms with Gasteiger partial charge in [0.2, 0.25) is 0 Å². The van der Waals surface area contributed by atoms with Crippen molar-refractivity contribution in [3.63, 3.8) is 0 Å². The number of hydrogen-bond acceptors (Lipinski definition) is 10. The third kappa shape index (κ3) is 7.75. The van der Waals surface area contributed by atoms with Gasteiger partial charge in [0.15, 0.2) is 5.65 Å². The van der Waals surface area contributed by atoms with E-state index in [-0.39, 0.29) is 101 Å². The summed E-state index contributed by atoms with van der Waals surface area (Å²) in [7, 11) is 0. The third-order valence-electron chi connectivity index (χ3n) is 7.87. The predicted molar refractivity (Wildman–Crippen MR) is 182 cm³/mol. The molecule has 0 unspecified atom stereocenters. The number of carbonyl (C=O) groups is 1. The first-order chi connectivity index (χ1) is 25.0. The molecular formula is C36H29F4N7O5.